The summed E-state index contributed by atoms with van der Waals surface area (Å²) in [7, 11) is 0. The van der Waals surface area contributed by atoms with E-state index < -0.39 is 0 Å². The summed E-state index contributed by atoms with van der Waals surface area (Å²) >= 11 is 0. The lowest BCUT2D eigenvalue weighted by molar-refractivity contribution is 0.0722. The van der Waals surface area contributed by atoms with Gasteiger partial charge in [0.1, 0.15) is 5.69 Å². The van der Waals surface area contributed by atoms with Gasteiger partial charge in [-0.1, -0.05) is 6.07 Å². The van der Waals surface area contributed by atoms with Crippen LogP contribution in [0.25, 0.3) is 0 Å². The van der Waals surface area contributed by atoms with Crippen molar-refractivity contribution >= 4 is 11.9 Å². The van der Waals surface area contributed by atoms with Crippen LogP contribution in [0.3, 0.4) is 0 Å². The van der Waals surface area contributed by atoms with Crippen LogP contribution in [0.15, 0.2) is 18.2 Å². The molecule has 0 atom stereocenters. The SMILES string of the molecule is Nc1nc2c(c(C(=O)N(Cc3ccc4c(c3)OCO4)C3CC3)n1)CCCC2. The molecule has 1 fully saturated rings. The average Bonchev–Trinajstić information content (AvgIpc) is 3.41. The molecule has 1 aliphatic heterocycles. The second-order valence-electron chi connectivity index (χ2n) is 7.41. The number of carbonyl (C=O) groups excluding carboxylic acids is 1. The molecule has 0 saturated heterocycles. The Hall–Kier alpha value is -2.83. The Bertz CT molecular complexity index is 910. The predicted molar refractivity (Wildman–Crippen MR) is 98.5 cm³/mol. The molecular weight excluding hydrogens is 344 g/mol. The summed E-state index contributed by atoms with van der Waals surface area (Å²) in [6, 6.07) is 6.10. The van der Waals surface area contributed by atoms with E-state index in [1.54, 1.807) is 0 Å². The van der Waals surface area contributed by atoms with E-state index in [9.17, 15) is 4.79 Å². The summed E-state index contributed by atoms with van der Waals surface area (Å²) in [4.78, 5) is 24.1. The molecule has 2 heterocycles. The Kier molecular flexibility index (Phi) is 3.88. The fraction of sp³-hybridized carbons (Fsp3) is 0.450. The molecule has 7 heteroatoms. The van der Waals surface area contributed by atoms with Gasteiger partial charge in [-0.2, -0.15) is 0 Å². The molecule has 5 rings (SSSR count). The highest BCUT2D eigenvalue weighted by atomic mass is 16.7. The van der Waals surface area contributed by atoms with Crippen molar-refractivity contribution in [3.8, 4) is 11.5 Å². The maximum Gasteiger partial charge on any atom is 0.273 e. The van der Waals surface area contributed by atoms with Gasteiger partial charge >= 0.3 is 0 Å². The molecule has 7 nitrogen and oxygen atoms in total. The topological polar surface area (TPSA) is 90.6 Å². The predicted octanol–water partition coefficient (Wildman–Crippen LogP) is 2.47. The lowest BCUT2D eigenvalue weighted by Crippen LogP contribution is -2.34. The average molecular weight is 366 g/mol. The van der Waals surface area contributed by atoms with Gasteiger partial charge in [-0.15, -0.1) is 0 Å². The fourth-order valence-corrected chi connectivity index (χ4v) is 3.92. The van der Waals surface area contributed by atoms with Crippen LogP contribution in [-0.2, 0) is 19.4 Å². The van der Waals surface area contributed by atoms with E-state index in [1.807, 2.05) is 23.1 Å². The standard InChI is InChI=1S/C20H22N4O3/c21-20-22-15-4-2-1-3-14(15)18(23-20)19(25)24(13-6-7-13)10-12-5-8-16-17(9-12)27-11-26-16/h5,8-9,13H,1-4,6-7,10-11H2,(H2,21,22,23). The molecule has 0 unspecified atom stereocenters. The van der Waals surface area contributed by atoms with E-state index in [0.717, 1.165) is 66.8 Å². The number of nitrogen functional groups attached to an aromatic ring is 1. The number of rotatable bonds is 4. The third-order valence-electron chi connectivity index (χ3n) is 5.44. The molecule has 3 aliphatic rings. The Balaban J connectivity index is 1.46. The Morgan fingerprint density at radius 1 is 1.15 bits per heavy atom. The molecule has 2 aliphatic carbocycles. The van der Waals surface area contributed by atoms with Crippen molar-refractivity contribution in [1.82, 2.24) is 14.9 Å². The number of hydrogen-bond donors (Lipinski definition) is 1. The van der Waals surface area contributed by atoms with E-state index in [4.69, 9.17) is 15.2 Å². The molecule has 27 heavy (non-hydrogen) atoms. The zero-order valence-corrected chi connectivity index (χ0v) is 15.1. The van der Waals surface area contributed by atoms with Crippen LogP contribution in [0.1, 0.15) is 53.0 Å². The van der Waals surface area contributed by atoms with Gasteiger partial charge in [0.2, 0.25) is 12.7 Å². The number of nitrogens with zero attached hydrogens (tertiary/aromatic N) is 3. The van der Waals surface area contributed by atoms with Crippen molar-refractivity contribution in [3.63, 3.8) is 0 Å². The molecule has 2 aromatic rings. The Labute approximate surface area is 157 Å². The number of hydrogen-bond acceptors (Lipinski definition) is 6. The number of aryl methyl sites for hydroxylation is 1. The van der Waals surface area contributed by atoms with Crippen LogP contribution in [0.5, 0.6) is 11.5 Å². The minimum Gasteiger partial charge on any atom is -0.454 e. The van der Waals surface area contributed by atoms with Crippen LogP contribution < -0.4 is 15.2 Å². The van der Waals surface area contributed by atoms with E-state index in [1.165, 1.54) is 0 Å². The van der Waals surface area contributed by atoms with Gasteiger partial charge < -0.3 is 20.1 Å². The summed E-state index contributed by atoms with van der Waals surface area (Å²) in [6.07, 6.45) is 5.91. The van der Waals surface area contributed by atoms with Crippen molar-refractivity contribution in [2.24, 2.45) is 0 Å². The first kappa shape index (κ1) is 16.4. The molecule has 0 bridgehead atoms. The third-order valence-corrected chi connectivity index (χ3v) is 5.44. The highest BCUT2D eigenvalue weighted by Gasteiger charge is 2.35. The van der Waals surface area contributed by atoms with Crippen molar-refractivity contribution in [1.29, 1.82) is 0 Å². The zero-order chi connectivity index (χ0) is 18.4. The number of benzene rings is 1. The van der Waals surface area contributed by atoms with Crippen molar-refractivity contribution < 1.29 is 14.3 Å². The molecule has 0 radical (unpaired) electrons. The maximum absolute atomic E-state index is 13.4. The van der Waals surface area contributed by atoms with Crippen LogP contribution in [0.2, 0.25) is 0 Å². The maximum atomic E-state index is 13.4. The molecule has 1 aromatic carbocycles. The summed E-state index contributed by atoms with van der Waals surface area (Å²) in [5.41, 5.74) is 9.34. The largest absolute Gasteiger partial charge is 0.454 e. The van der Waals surface area contributed by atoms with Gasteiger partial charge in [0.25, 0.3) is 5.91 Å². The van der Waals surface area contributed by atoms with E-state index in [2.05, 4.69) is 9.97 Å². The second-order valence-corrected chi connectivity index (χ2v) is 7.41. The molecule has 140 valence electrons. The first-order valence-electron chi connectivity index (χ1n) is 9.54. The van der Waals surface area contributed by atoms with E-state index in [-0.39, 0.29) is 24.7 Å². The smallest absolute Gasteiger partial charge is 0.273 e. The Morgan fingerprint density at radius 2 is 1.96 bits per heavy atom. The quantitative estimate of drug-likeness (QED) is 0.894. The number of fused-ring (bicyclic) bond motifs is 2. The minimum absolute atomic E-state index is 0.0394. The normalized spacial score (nSPS) is 17.5. The molecule has 0 spiro atoms. The highest BCUT2D eigenvalue weighted by molar-refractivity contribution is 5.94. The van der Waals surface area contributed by atoms with Crippen molar-refractivity contribution in [2.75, 3.05) is 12.5 Å². The monoisotopic (exact) mass is 366 g/mol. The first-order chi connectivity index (χ1) is 13.2. The van der Waals surface area contributed by atoms with Crippen LogP contribution in [0.4, 0.5) is 5.95 Å². The third kappa shape index (κ3) is 3.07. The van der Waals surface area contributed by atoms with Gasteiger partial charge in [0, 0.05) is 23.8 Å². The minimum atomic E-state index is -0.0394. The van der Waals surface area contributed by atoms with Crippen LogP contribution in [-0.4, -0.2) is 33.6 Å². The van der Waals surface area contributed by atoms with Crippen molar-refractivity contribution in [2.45, 2.75) is 51.1 Å². The Morgan fingerprint density at radius 3 is 2.81 bits per heavy atom. The molecular formula is C20H22N4O3. The lowest BCUT2D eigenvalue weighted by atomic mass is 9.94. The zero-order valence-electron chi connectivity index (χ0n) is 15.1. The van der Waals surface area contributed by atoms with Crippen molar-refractivity contribution in [3.05, 3.63) is 40.7 Å². The number of ether oxygens (including phenoxy) is 2. The van der Waals surface area contributed by atoms with Gasteiger partial charge in [0.15, 0.2) is 11.5 Å². The van der Waals surface area contributed by atoms with Gasteiger partial charge in [0.05, 0.1) is 0 Å². The first-order valence-corrected chi connectivity index (χ1v) is 9.54. The summed E-state index contributed by atoms with van der Waals surface area (Å²) in [5.74, 6) is 1.64. The number of anilines is 1. The van der Waals surface area contributed by atoms with Crippen LogP contribution >= 0.6 is 0 Å². The molecule has 1 aromatic heterocycles. The van der Waals surface area contributed by atoms with E-state index >= 15 is 0 Å². The summed E-state index contributed by atoms with van der Waals surface area (Å²) < 4.78 is 10.8. The lowest BCUT2D eigenvalue weighted by Gasteiger charge is -2.25. The van der Waals surface area contributed by atoms with Crippen LogP contribution in [0, 0.1) is 0 Å². The summed E-state index contributed by atoms with van der Waals surface area (Å²) in [5, 5.41) is 0. The fourth-order valence-electron chi connectivity index (χ4n) is 3.92. The van der Waals surface area contributed by atoms with E-state index in [0.29, 0.717) is 12.2 Å². The summed E-state index contributed by atoms with van der Waals surface area (Å²) in [6.45, 7) is 0.773. The number of aromatic nitrogens is 2. The van der Waals surface area contributed by atoms with Gasteiger partial charge in [-0.3, -0.25) is 4.79 Å². The molecule has 1 amide bonds. The van der Waals surface area contributed by atoms with Gasteiger partial charge in [-0.25, -0.2) is 9.97 Å². The molecule has 2 N–H and O–H groups in total. The number of amides is 1. The second kappa shape index (κ2) is 6.40. The number of carbonyl (C=O) groups is 1. The highest BCUT2D eigenvalue weighted by Crippen LogP contribution is 2.35. The molecule has 1 saturated carbocycles. The van der Waals surface area contributed by atoms with Gasteiger partial charge in [-0.05, 0) is 56.2 Å². The number of nitrogens with two attached hydrogens (primary N) is 1.